The molecule has 19 heavy (non-hydrogen) atoms. The van der Waals surface area contributed by atoms with Crippen molar-refractivity contribution in [2.45, 2.75) is 39.7 Å². The van der Waals surface area contributed by atoms with Crippen molar-refractivity contribution in [3.8, 4) is 0 Å². The van der Waals surface area contributed by atoms with Gasteiger partial charge in [0.05, 0.1) is 0 Å². The Hall–Kier alpha value is -0.860. The van der Waals surface area contributed by atoms with Crippen LogP contribution in [0.3, 0.4) is 0 Å². The van der Waals surface area contributed by atoms with Crippen LogP contribution < -0.4 is 5.32 Å². The second kappa shape index (κ2) is 7.06. The quantitative estimate of drug-likeness (QED) is 0.843. The molecule has 0 saturated carbocycles. The summed E-state index contributed by atoms with van der Waals surface area (Å²) in [5.74, 6) is 0.726. The molecule has 1 aromatic rings. The van der Waals surface area contributed by atoms with Crippen LogP contribution in [-0.2, 0) is 0 Å². The van der Waals surface area contributed by atoms with Crippen molar-refractivity contribution in [3.05, 3.63) is 35.4 Å². The molecule has 1 aliphatic heterocycles. The van der Waals surface area contributed by atoms with Crippen LogP contribution in [0.25, 0.3) is 0 Å². The molecule has 2 nitrogen and oxygen atoms in total. The fraction of sp³-hybridized carbons (Fsp3) is 0.647. The van der Waals surface area contributed by atoms with Gasteiger partial charge in [0.1, 0.15) is 0 Å². The summed E-state index contributed by atoms with van der Waals surface area (Å²) in [5, 5.41) is 3.69. The van der Waals surface area contributed by atoms with E-state index in [1.54, 1.807) is 0 Å². The highest BCUT2D eigenvalue weighted by Gasteiger charge is 2.15. The van der Waals surface area contributed by atoms with Gasteiger partial charge in [-0.05, 0) is 63.4 Å². The Balaban J connectivity index is 1.76. The lowest BCUT2D eigenvalue weighted by atomic mass is 10.0. The van der Waals surface area contributed by atoms with Crippen molar-refractivity contribution in [1.82, 2.24) is 10.2 Å². The molecular weight excluding hydrogens is 232 g/mol. The van der Waals surface area contributed by atoms with E-state index in [4.69, 9.17) is 0 Å². The summed E-state index contributed by atoms with van der Waals surface area (Å²) < 4.78 is 0. The molecule has 0 aromatic heterocycles. The van der Waals surface area contributed by atoms with E-state index >= 15 is 0 Å². The van der Waals surface area contributed by atoms with E-state index < -0.39 is 0 Å². The zero-order valence-electron chi connectivity index (χ0n) is 12.7. The zero-order chi connectivity index (χ0) is 13.7. The minimum absolute atomic E-state index is 0.447. The first-order valence-corrected chi connectivity index (χ1v) is 7.68. The van der Waals surface area contributed by atoms with Crippen molar-refractivity contribution in [2.75, 3.05) is 26.2 Å². The first-order valence-electron chi connectivity index (χ1n) is 7.68. The highest BCUT2D eigenvalue weighted by Crippen LogP contribution is 2.17. The standard InChI is InChI=1S/C17H28N2/c1-14(13-19-10-6-7-11-19)12-18-16(3)17-9-5-4-8-15(17)2/h4-5,8-9,14,16,18H,6-7,10-13H2,1-3H3. The minimum Gasteiger partial charge on any atom is -0.310 e. The van der Waals surface area contributed by atoms with E-state index in [-0.39, 0.29) is 0 Å². The van der Waals surface area contributed by atoms with E-state index in [0.717, 1.165) is 12.5 Å². The van der Waals surface area contributed by atoms with E-state index in [1.807, 2.05) is 0 Å². The Kier molecular flexibility index (Phi) is 5.41. The summed E-state index contributed by atoms with van der Waals surface area (Å²) in [6.07, 6.45) is 2.78. The third-order valence-electron chi connectivity index (χ3n) is 4.20. The van der Waals surface area contributed by atoms with Crippen molar-refractivity contribution < 1.29 is 0 Å². The Bertz CT molecular complexity index is 383. The molecule has 0 spiro atoms. The van der Waals surface area contributed by atoms with Crippen molar-refractivity contribution >= 4 is 0 Å². The molecule has 1 fully saturated rings. The molecule has 1 aromatic carbocycles. The Morgan fingerprint density at radius 2 is 1.84 bits per heavy atom. The molecule has 0 aliphatic carbocycles. The van der Waals surface area contributed by atoms with Crippen LogP contribution in [0.2, 0.25) is 0 Å². The molecule has 2 rings (SSSR count). The number of hydrogen-bond acceptors (Lipinski definition) is 2. The molecule has 0 amide bonds. The lowest BCUT2D eigenvalue weighted by Crippen LogP contribution is -2.32. The molecule has 2 unspecified atom stereocenters. The predicted molar refractivity (Wildman–Crippen MR) is 82.4 cm³/mol. The van der Waals surface area contributed by atoms with Gasteiger partial charge in [0, 0.05) is 12.6 Å². The van der Waals surface area contributed by atoms with Crippen molar-refractivity contribution in [3.63, 3.8) is 0 Å². The van der Waals surface area contributed by atoms with Crippen LogP contribution in [-0.4, -0.2) is 31.1 Å². The molecule has 2 atom stereocenters. The largest absolute Gasteiger partial charge is 0.310 e. The number of aryl methyl sites for hydroxylation is 1. The Labute approximate surface area is 118 Å². The summed E-state index contributed by atoms with van der Waals surface area (Å²) in [7, 11) is 0. The van der Waals surface area contributed by atoms with Gasteiger partial charge in [0.15, 0.2) is 0 Å². The average molecular weight is 260 g/mol. The summed E-state index contributed by atoms with van der Waals surface area (Å²) in [4.78, 5) is 2.60. The fourth-order valence-electron chi connectivity index (χ4n) is 3.03. The Morgan fingerprint density at radius 1 is 1.16 bits per heavy atom. The first kappa shape index (κ1) is 14.5. The molecule has 0 bridgehead atoms. The number of nitrogens with zero attached hydrogens (tertiary/aromatic N) is 1. The monoisotopic (exact) mass is 260 g/mol. The maximum atomic E-state index is 3.69. The highest BCUT2D eigenvalue weighted by molar-refractivity contribution is 5.28. The zero-order valence-corrected chi connectivity index (χ0v) is 12.7. The molecule has 1 saturated heterocycles. The summed E-state index contributed by atoms with van der Waals surface area (Å²) in [5.41, 5.74) is 2.81. The molecule has 0 radical (unpaired) electrons. The van der Waals surface area contributed by atoms with Gasteiger partial charge in [-0.25, -0.2) is 0 Å². The molecule has 1 aliphatic rings. The number of rotatable bonds is 6. The molecule has 2 heteroatoms. The van der Waals surface area contributed by atoms with Gasteiger partial charge >= 0.3 is 0 Å². The van der Waals surface area contributed by atoms with Crippen molar-refractivity contribution in [2.24, 2.45) is 5.92 Å². The van der Waals surface area contributed by atoms with Crippen LogP contribution >= 0.6 is 0 Å². The van der Waals surface area contributed by atoms with Gasteiger partial charge in [-0.15, -0.1) is 0 Å². The van der Waals surface area contributed by atoms with E-state index in [9.17, 15) is 0 Å². The van der Waals surface area contributed by atoms with Crippen LogP contribution in [0.5, 0.6) is 0 Å². The number of hydrogen-bond donors (Lipinski definition) is 1. The molecule has 1 N–H and O–H groups in total. The Morgan fingerprint density at radius 3 is 2.53 bits per heavy atom. The van der Waals surface area contributed by atoms with Gasteiger partial charge in [-0.2, -0.15) is 0 Å². The van der Waals surface area contributed by atoms with Crippen molar-refractivity contribution in [1.29, 1.82) is 0 Å². The number of likely N-dealkylation sites (tertiary alicyclic amines) is 1. The molecule has 106 valence electrons. The first-order chi connectivity index (χ1) is 9.16. The van der Waals surface area contributed by atoms with Crippen LogP contribution in [0.1, 0.15) is 43.9 Å². The van der Waals surface area contributed by atoms with Gasteiger partial charge in [0.25, 0.3) is 0 Å². The summed E-state index contributed by atoms with van der Waals surface area (Å²) >= 11 is 0. The van der Waals surface area contributed by atoms with Gasteiger partial charge in [-0.1, -0.05) is 31.2 Å². The second-order valence-electron chi connectivity index (χ2n) is 6.10. The maximum Gasteiger partial charge on any atom is 0.0294 e. The van der Waals surface area contributed by atoms with E-state index in [2.05, 4.69) is 55.3 Å². The lowest BCUT2D eigenvalue weighted by Gasteiger charge is -2.23. The third-order valence-corrected chi connectivity index (χ3v) is 4.20. The number of nitrogens with one attached hydrogen (secondary N) is 1. The van der Waals surface area contributed by atoms with Gasteiger partial charge in [-0.3, -0.25) is 0 Å². The van der Waals surface area contributed by atoms with Crippen LogP contribution in [0, 0.1) is 12.8 Å². The maximum absolute atomic E-state index is 3.69. The summed E-state index contributed by atoms with van der Waals surface area (Å²) in [6, 6.07) is 9.12. The molecule has 1 heterocycles. The highest BCUT2D eigenvalue weighted by atomic mass is 15.1. The van der Waals surface area contributed by atoms with Gasteiger partial charge in [0.2, 0.25) is 0 Å². The van der Waals surface area contributed by atoms with Gasteiger partial charge < -0.3 is 10.2 Å². The van der Waals surface area contributed by atoms with Crippen LogP contribution in [0.15, 0.2) is 24.3 Å². The third kappa shape index (κ3) is 4.32. The normalized spacial score (nSPS) is 19.5. The summed E-state index contributed by atoms with van der Waals surface area (Å²) in [6.45, 7) is 11.8. The fourth-order valence-corrected chi connectivity index (χ4v) is 3.03. The van der Waals surface area contributed by atoms with E-state index in [0.29, 0.717) is 6.04 Å². The van der Waals surface area contributed by atoms with E-state index in [1.165, 1.54) is 43.6 Å². The molecular formula is C17H28N2. The second-order valence-corrected chi connectivity index (χ2v) is 6.10. The smallest absolute Gasteiger partial charge is 0.0294 e. The van der Waals surface area contributed by atoms with Crippen LogP contribution in [0.4, 0.5) is 0 Å². The predicted octanol–water partition coefficient (Wildman–Crippen LogP) is 3.38. The SMILES string of the molecule is Cc1ccccc1C(C)NCC(C)CN1CCCC1. The average Bonchev–Trinajstić information content (AvgIpc) is 2.89. The lowest BCUT2D eigenvalue weighted by molar-refractivity contribution is 0.279. The topological polar surface area (TPSA) is 15.3 Å². The number of benzene rings is 1. The minimum atomic E-state index is 0.447.